The number of aromatic nitrogens is 1. The van der Waals surface area contributed by atoms with Crippen LogP contribution >= 0.6 is 0 Å². The number of furan rings is 2. The number of hydrogen-bond donors (Lipinski definition) is 1. The Kier molecular flexibility index (Phi) is 5.81. The van der Waals surface area contributed by atoms with E-state index in [2.05, 4.69) is 130 Å². The van der Waals surface area contributed by atoms with Gasteiger partial charge in [-0.15, -0.1) is 0 Å². The Balaban J connectivity index is 1.39. The third-order valence-corrected chi connectivity index (χ3v) is 8.63. The maximum Gasteiger partial charge on any atom is 0.153 e. The van der Waals surface area contributed by atoms with Crippen LogP contribution in [0.3, 0.4) is 0 Å². The zero-order chi connectivity index (χ0) is 29.7. The van der Waals surface area contributed by atoms with Crippen molar-refractivity contribution in [3.63, 3.8) is 0 Å². The molecule has 3 aromatic heterocycles. The molecule has 0 bridgehead atoms. The van der Waals surface area contributed by atoms with Gasteiger partial charge in [-0.3, -0.25) is 4.98 Å². The van der Waals surface area contributed by atoms with Gasteiger partial charge in [-0.1, -0.05) is 78.9 Å². The van der Waals surface area contributed by atoms with Gasteiger partial charge in [0.05, 0.1) is 29.5 Å². The van der Waals surface area contributed by atoms with Crippen molar-refractivity contribution in [2.24, 2.45) is 0 Å². The van der Waals surface area contributed by atoms with Crippen LogP contribution in [0, 0.1) is 0 Å². The normalized spacial score (nSPS) is 12.4. The average molecular weight is 582 g/mol. The van der Waals surface area contributed by atoms with Crippen molar-refractivity contribution >= 4 is 56.0 Å². The number of fused-ring (bicyclic) bond motifs is 6. The molecule has 5 heteroatoms. The fourth-order valence-electron chi connectivity index (χ4n) is 6.65. The van der Waals surface area contributed by atoms with Crippen molar-refractivity contribution in [2.45, 2.75) is 6.54 Å². The molecule has 0 radical (unpaired) electrons. The monoisotopic (exact) mass is 581 g/mol. The Morgan fingerprint density at radius 3 is 2.31 bits per heavy atom. The van der Waals surface area contributed by atoms with E-state index >= 15 is 0 Å². The first kappa shape index (κ1) is 25.4. The number of nitrogens with zero attached hydrogens (tertiary/aromatic N) is 2. The molecule has 1 aliphatic heterocycles. The molecule has 214 valence electrons. The highest BCUT2D eigenvalue weighted by atomic mass is 16.3. The van der Waals surface area contributed by atoms with Crippen LogP contribution in [0.5, 0.6) is 0 Å². The summed E-state index contributed by atoms with van der Waals surface area (Å²) in [5, 5.41) is 6.42. The maximum atomic E-state index is 6.33. The Hall–Kier alpha value is -6.07. The second-order valence-corrected chi connectivity index (χ2v) is 11.2. The molecule has 0 atom stereocenters. The molecule has 0 saturated carbocycles. The standard InChI is InChI=1S/C40H27N3O2/c1-3-9-26(10-4-1)29-13-7-14-33(39(29)27-11-5-2-6-12-27)43(28-17-18-35-32(23-28)30-19-21-41-24-37(30)44-35)34-15-8-16-36-40(34)31-20-22-42-25-38(31)45-36/h1-23,25,41H,24H2. The molecule has 0 aliphatic carbocycles. The Bertz CT molecular complexity index is 2390. The summed E-state index contributed by atoms with van der Waals surface area (Å²) in [7, 11) is 0. The molecule has 1 aliphatic rings. The van der Waals surface area contributed by atoms with E-state index in [0.717, 1.165) is 83.5 Å². The van der Waals surface area contributed by atoms with Gasteiger partial charge in [0.1, 0.15) is 16.9 Å². The lowest BCUT2D eigenvalue weighted by Gasteiger charge is -2.30. The first-order chi connectivity index (χ1) is 22.3. The van der Waals surface area contributed by atoms with Crippen molar-refractivity contribution in [1.82, 2.24) is 10.3 Å². The molecule has 9 rings (SSSR count). The molecule has 0 fully saturated rings. The van der Waals surface area contributed by atoms with Gasteiger partial charge >= 0.3 is 0 Å². The smallest absolute Gasteiger partial charge is 0.153 e. The van der Waals surface area contributed by atoms with Gasteiger partial charge in [0.15, 0.2) is 5.58 Å². The predicted molar refractivity (Wildman–Crippen MR) is 183 cm³/mol. The largest absolute Gasteiger partial charge is 0.459 e. The summed E-state index contributed by atoms with van der Waals surface area (Å²) in [5.74, 6) is 0.947. The fraction of sp³-hybridized carbons (Fsp3) is 0.0250. The van der Waals surface area contributed by atoms with E-state index in [0.29, 0.717) is 6.54 Å². The lowest BCUT2D eigenvalue weighted by Crippen LogP contribution is -2.12. The highest BCUT2D eigenvalue weighted by molar-refractivity contribution is 6.14. The molecule has 45 heavy (non-hydrogen) atoms. The fourth-order valence-corrected chi connectivity index (χ4v) is 6.65. The van der Waals surface area contributed by atoms with Gasteiger partial charge in [-0.05, 0) is 71.4 Å². The van der Waals surface area contributed by atoms with Crippen molar-refractivity contribution in [3.05, 3.63) is 151 Å². The van der Waals surface area contributed by atoms with Crippen LogP contribution in [0.15, 0.2) is 149 Å². The van der Waals surface area contributed by atoms with E-state index in [9.17, 15) is 0 Å². The third-order valence-electron chi connectivity index (χ3n) is 8.63. The van der Waals surface area contributed by atoms with E-state index in [4.69, 9.17) is 8.83 Å². The molecule has 0 amide bonds. The minimum atomic E-state index is 0.672. The second kappa shape index (κ2) is 10.3. The highest BCUT2D eigenvalue weighted by Gasteiger charge is 2.25. The molecule has 0 saturated heterocycles. The Morgan fingerprint density at radius 2 is 1.44 bits per heavy atom. The second-order valence-electron chi connectivity index (χ2n) is 11.2. The summed E-state index contributed by atoms with van der Waals surface area (Å²) in [6.45, 7) is 0.672. The molecular weight excluding hydrogens is 554 g/mol. The first-order valence-electron chi connectivity index (χ1n) is 15.1. The minimum Gasteiger partial charge on any atom is -0.459 e. The summed E-state index contributed by atoms with van der Waals surface area (Å²) >= 11 is 0. The van der Waals surface area contributed by atoms with Crippen LogP contribution in [0.2, 0.25) is 0 Å². The van der Waals surface area contributed by atoms with E-state index in [1.54, 1.807) is 6.20 Å². The van der Waals surface area contributed by atoms with Gasteiger partial charge in [-0.2, -0.15) is 0 Å². The summed E-state index contributed by atoms with van der Waals surface area (Å²) in [5.41, 5.74) is 11.3. The van der Waals surface area contributed by atoms with Gasteiger partial charge < -0.3 is 19.1 Å². The van der Waals surface area contributed by atoms with Crippen LogP contribution < -0.4 is 10.2 Å². The van der Waals surface area contributed by atoms with Gasteiger partial charge in [0, 0.05) is 33.8 Å². The molecule has 8 aromatic rings. The SMILES string of the molecule is C1=Cc2c(oc3ccc(N(c4cccc(-c5ccccc5)c4-c4ccccc4)c4cccc5oc6cnccc6c45)cc23)CN1. The van der Waals surface area contributed by atoms with Crippen molar-refractivity contribution < 1.29 is 8.83 Å². The molecule has 5 aromatic carbocycles. The van der Waals surface area contributed by atoms with Crippen molar-refractivity contribution in [2.75, 3.05) is 4.90 Å². The summed E-state index contributed by atoms with van der Waals surface area (Å²) in [6.07, 6.45) is 7.71. The maximum absolute atomic E-state index is 6.33. The van der Waals surface area contributed by atoms with Crippen LogP contribution in [0.1, 0.15) is 11.3 Å². The zero-order valence-corrected chi connectivity index (χ0v) is 24.3. The number of rotatable bonds is 5. The lowest BCUT2D eigenvalue weighted by atomic mass is 9.92. The minimum absolute atomic E-state index is 0.672. The number of anilines is 3. The molecule has 5 nitrogen and oxygen atoms in total. The third kappa shape index (κ3) is 4.13. The van der Waals surface area contributed by atoms with Crippen LogP contribution in [-0.4, -0.2) is 4.98 Å². The summed E-state index contributed by atoms with van der Waals surface area (Å²) in [6, 6.07) is 42.7. The first-order valence-corrected chi connectivity index (χ1v) is 15.1. The van der Waals surface area contributed by atoms with Crippen molar-refractivity contribution in [1.29, 1.82) is 0 Å². The molecule has 4 heterocycles. The van der Waals surface area contributed by atoms with Gasteiger partial charge in [0.2, 0.25) is 0 Å². The quantitative estimate of drug-likeness (QED) is 0.219. The number of benzene rings is 5. The van der Waals surface area contributed by atoms with E-state index in [-0.39, 0.29) is 0 Å². The van der Waals surface area contributed by atoms with Crippen molar-refractivity contribution in [3.8, 4) is 22.3 Å². The number of nitrogens with one attached hydrogen (secondary N) is 1. The molecule has 1 N–H and O–H groups in total. The molecule has 0 spiro atoms. The van der Waals surface area contributed by atoms with E-state index < -0.39 is 0 Å². The van der Waals surface area contributed by atoms with Crippen LogP contribution in [0.4, 0.5) is 17.1 Å². The van der Waals surface area contributed by atoms with E-state index in [1.807, 2.05) is 24.5 Å². The van der Waals surface area contributed by atoms with Gasteiger partial charge in [-0.25, -0.2) is 0 Å². The zero-order valence-electron chi connectivity index (χ0n) is 24.3. The van der Waals surface area contributed by atoms with Crippen LogP contribution in [0.25, 0.3) is 61.2 Å². The van der Waals surface area contributed by atoms with E-state index in [1.165, 1.54) is 0 Å². The lowest BCUT2D eigenvalue weighted by molar-refractivity contribution is 0.532. The highest BCUT2D eigenvalue weighted by Crippen LogP contribution is 2.49. The predicted octanol–water partition coefficient (Wildman–Crippen LogP) is 10.6. The topological polar surface area (TPSA) is 54.4 Å². The number of hydrogen-bond acceptors (Lipinski definition) is 5. The Labute approximate surface area is 259 Å². The molecular formula is C40H27N3O2. The average Bonchev–Trinajstić information content (AvgIpc) is 3.68. The molecule has 0 unspecified atom stereocenters. The number of pyridine rings is 1. The van der Waals surface area contributed by atoms with Crippen LogP contribution in [-0.2, 0) is 6.54 Å². The van der Waals surface area contributed by atoms with Gasteiger partial charge in [0.25, 0.3) is 0 Å². The summed E-state index contributed by atoms with van der Waals surface area (Å²) < 4.78 is 12.6. The Morgan fingerprint density at radius 1 is 0.644 bits per heavy atom. The summed E-state index contributed by atoms with van der Waals surface area (Å²) in [4.78, 5) is 6.71.